The lowest BCUT2D eigenvalue weighted by atomic mass is 10.1. The molecule has 0 aliphatic carbocycles. The van der Waals surface area contributed by atoms with Gasteiger partial charge in [0.2, 0.25) is 0 Å². The third-order valence-corrected chi connectivity index (χ3v) is 3.88. The van der Waals surface area contributed by atoms with Crippen LogP contribution in [-0.2, 0) is 9.47 Å². The normalized spacial score (nSPS) is 30.5. The van der Waals surface area contributed by atoms with Crippen LogP contribution in [0.15, 0.2) is 0 Å². The highest BCUT2D eigenvalue weighted by molar-refractivity contribution is 4.83. The van der Waals surface area contributed by atoms with Gasteiger partial charge in [-0.2, -0.15) is 0 Å². The summed E-state index contributed by atoms with van der Waals surface area (Å²) >= 11 is 0. The van der Waals surface area contributed by atoms with Crippen LogP contribution in [0.25, 0.3) is 0 Å². The molecule has 0 radical (unpaired) electrons. The molecule has 2 aliphatic rings. The summed E-state index contributed by atoms with van der Waals surface area (Å²) in [6, 6.07) is 0.524. The van der Waals surface area contributed by atoms with E-state index in [0.717, 1.165) is 39.4 Å². The molecule has 106 valence electrons. The number of nitrogens with zero attached hydrogens (tertiary/aromatic N) is 1. The summed E-state index contributed by atoms with van der Waals surface area (Å²) in [7, 11) is 0. The van der Waals surface area contributed by atoms with E-state index in [4.69, 9.17) is 9.47 Å². The fourth-order valence-electron chi connectivity index (χ4n) is 2.79. The van der Waals surface area contributed by atoms with Gasteiger partial charge in [-0.1, -0.05) is 0 Å². The number of rotatable bonds is 5. The zero-order valence-electron chi connectivity index (χ0n) is 12.1. The summed E-state index contributed by atoms with van der Waals surface area (Å²) < 4.78 is 11.4. The maximum absolute atomic E-state index is 5.99. The molecule has 1 N–H and O–H groups in total. The lowest BCUT2D eigenvalue weighted by molar-refractivity contribution is -0.0160. The summed E-state index contributed by atoms with van der Waals surface area (Å²) in [5.41, 5.74) is 0.0831. The van der Waals surface area contributed by atoms with Gasteiger partial charge < -0.3 is 14.8 Å². The van der Waals surface area contributed by atoms with Crippen LogP contribution in [0.2, 0.25) is 0 Å². The highest BCUT2D eigenvalue weighted by Crippen LogP contribution is 2.28. The van der Waals surface area contributed by atoms with Gasteiger partial charge in [0.1, 0.15) is 0 Å². The predicted octanol–water partition coefficient (Wildman–Crippen LogP) is 1.25. The first-order valence-corrected chi connectivity index (χ1v) is 7.26. The van der Waals surface area contributed by atoms with E-state index < -0.39 is 0 Å². The van der Waals surface area contributed by atoms with E-state index in [1.807, 2.05) is 0 Å². The maximum Gasteiger partial charge on any atom is 0.0707 e. The summed E-state index contributed by atoms with van der Waals surface area (Å²) in [5.74, 6) is 0. The molecule has 0 saturated carbocycles. The van der Waals surface area contributed by atoms with Crippen LogP contribution in [-0.4, -0.2) is 62.0 Å². The van der Waals surface area contributed by atoms with Crippen LogP contribution in [0, 0.1) is 0 Å². The van der Waals surface area contributed by atoms with Crippen LogP contribution in [0.1, 0.15) is 33.6 Å². The average molecular weight is 256 g/mol. The minimum absolute atomic E-state index is 0.0831. The first kappa shape index (κ1) is 14.3. The molecule has 0 aromatic carbocycles. The predicted molar refractivity (Wildman–Crippen MR) is 72.9 cm³/mol. The van der Waals surface area contributed by atoms with Crippen molar-refractivity contribution in [3.8, 4) is 0 Å². The van der Waals surface area contributed by atoms with Crippen molar-refractivity contribution in [1.29, 1.82) is 0 Å². The van der Waals surface area contributed by atoms with Crippen molar-refractivity contribution in [3.05, 3.63) is 0 Å². The fraction of sp³-hybridized carbons (Fsp3) is 1.00. The maximum atomic E-state index is 5.99. The first-order valence-electron chi connectivity index (χ1n) is 7.26. The summed E-state index contributed by atoms with van der Waals surface area (Å²) in [5, 5.41) is 3.60. The minimum atomic E-state index is 0.0831. The Labute approximate surface area is 111 Å². The Morgan fingerprint density at radius 2 is 2.06 bits per heavy atom. The quantitative estimate of drug-likeness (QED) is 0.803. The molecule has 0 aromatic heterocycles. The molecule has 2 fully saturated rings. The Morgan fingerprint density at radius 1 is 1.33 bits per heavy atom. The van der Waals surface area contributed by atoms with Gasteiger partial charge in [-0.3, -0.25) is 4.90 Å². The Bertz CT molecular complexity index is 252. The van der Waals surface area contributed by atoms with E-state index in [0.29, 0.717) is 12.1 Å². The number of nitrogens with one attached hydrogen (secondary N) is 1. The molecule has 2 unspecified atom stereocenters. The van der Waals surface area contributed by atoms with Crippen molar-refractivity contribution in [3.63, 3.8) is 0 Å². The zero-order chi connectivity index (χ0) is 13.0. The number of hydrogen-bond acceptors (Lipinski definition) is 4. The molecule has 0 amide bonds. The molecule has 2 heterocycles. The first-order chi connectivity index (χ1) is 8.55. The molecule has 4 nitrogen and oxygen atoms in total. The van der Waals surface area contributed by atoms with Crippen molar-refractivity contribution in [2.24, 2.45) is 0 Å². The number of morpholine rings is 1. The Kier molecular flexibility index (Phi) is 5.01. The van der Waals surface area contributed by atoms with E-state index in [9.17, 15) is 0 Å². The highest BCUT2D eigenvalue weighted by Gasteiger charge is 2.31. The molecule has 2 aliphatic heterocycles. The minimum Gasteiger partial charge on any atom is -0.379 e. The Morgan fingerprint density at radius 3 is 2.67 bits per heavy atom. The van der Waals surface area contributed by atoms with Crippen molar-refractivity contribution in [2.75, 3.05) is 39.4 Å². The zero-order valence-corrected chi connectivity index (χ0v) is 12.1. The molecule has 2 saturated heterocycles. The van der Waals surface area contributed by atoms with Gasteiger partial charge in [0, 0.05) is 32.2 Å². The largest absolute Gasteiger partial charge is 0.379 e. The third-order valence-electron chi connectivity index (χ3n) is 3.88. The summed E-state index contributed by atoms with van der Waals surface area (Å²) in [6.45, 7) is 12.6. The molecule has 2 rings (SSSR count). The van der Waals surface area contributed by atoms with Gasteiger partial charge in [0.05, 0.1) is 24.9 Å². The smallest absolute Gasteiger partial charge is 0.0707 e. The van der Waals surface area contributed by atoms with E-state index in [2.05, 4.69) is 31.0 Å². The van der Waals surface area contributed by atoms with Crippen molar-refractivity contribution >= 4 is 0 Å². The topological polar surface area (TPSA) is 33.7 Å². The Balaban J connectivity index is 1.61. The van der Waals surface area contributed by atoms with Gasteiger partial charge in [-0.25, -0.2) is 0 Å². The van der Waals surface area contributed by atoms with Crippen molar-refractivity contribution in [1.82, 2.24) is 10.2 Å². The van der Waals surface area contributed by atoms with Gasteiger partial charge in [0.15, 0.2) is 0 Å². The standard InChI is InChI=1S/C14H28N2O2/c1-12(11-16-6-8-17-9-7-16)15-10-13-4-5-14(2,3)18-13/h12-13,15H,4-11H2,1-3H3. The van der Waals surface area contributed by atoms with Gasteiger partial charge in [-0.15, -0.1) is 0 Å². The van der Waals surface area contributed by atoms with E-state index in [1.165, 1.54) is 12.8 Å². The summed E-state index contributed by atoms with van der Waals surface area (Å²) in [4.78, 5) is 2.47. The van der Waals surface area contributed by atoms with E-state index in [-0.39, 0.29) is 5.60 Å². The van der Waals surface area contributed by atoms with Crippen LogP contribution in [0.3, 0.4) is 0 Å². The fourth-order valence-corrected chi connectivity index (χ4v) is 2.79. The van der Waals surface area contributed by atoms with Gasteiger partial charge >= 0.3 is 0 Å². The molecule has 0 bridgehead atoms. The van der Waals surface area contributed by atoms with Crippen LogP contribution in [0.4, 0.5) is 0 Å². The molecule has 2 atom stereocenters. The lowest BCUT2D eigenvalue weighted by Crippen LogP contribution is -2.46. The van der Waals surface area contributed by atoms with Gasteiger partial charge in [0.25, 0.3) is 0 Å². The molecule has 0 aromatic rings. The van der Waals surface area contributed by atoms with Crippen LogP contribution < -0.4 is 5.32 Å². The van der Waals surface area contributed by atoms with Crippen molar-refractivity contribution in [2.45, 2.75) is 51.4 Å². The molecular formula is C14H28N2O2. The third kappa shape index (κ3) is 4.50. The Hall–Kier alpha value is -0.160. The summed E-state index contributed by atoms with van der Waals surface area (Å²) in [6.07, 6.45) is 2.76. The van der Waals surface area contributed by atoms with Gasteiger partial charge in [-0.05, 0) is 33.6 Å². The molecule has 4 heteroatoms. The second kappa shape index (κ2) is 6.33. The lowest BCUT2D eigenvalue weighted by Gasteiger charge is -2.30. The van der Waals surface area contributed by atoms with E-state index >= 15 is 0 Å². The number of hydrogen-bond donors (Lipinski definition) is 1. The van der Waals surface area contributed by atoms with Crippen LogP contribution in [0.5, 0.6) is 0 Å². The van der Waals surface area contributed by atoms with Crippen molar-refractivity contribution < 1.29 is 9.47 Å². The second-order valence-electron chi connectivity index (χ2n) is 6.26. The molecule has 18 heavy (non-hydrogen) atoms. The molecular weight excluding hydrogens is 228 g/mol. The molecule has 0 spiro atoms. The van der Waals surface area contributed by atoms with Crippen LogP contribution >= 0.6 is 0 Å². The SMILES string of the molecule is CC(CN1CCOCC1)NCC1CCC(C)(C)O1. The highest BCUT2D eigenvalue weighted by atomic mass is 16.5. The second-order valence-corrected chi connectivity index (χ2v) is 6.26. The average Bonchev–Trinajstić information content (AvgIpc) is 2.68. The monoisotopic (exact) mass is 256 g/mol. The number of ether oxygens (including phenoxy) is 2. The van der Waals surface area contributed by atoms with E-state index in [1.54, 1.807) is 0 Å².